The Morgan fingerprint density at radius 2 is 2.08 bits per heavy atom. The molecule has 134 valence electrons. The first-order valence-electron chi connectivity index (χ1n) is 9.15. The average molecular weight is 341 g/mol. The minimum Gasteiger partial charge on any atom is -0.351 e. The quantitative estimate of drug-likeness (QED) is 0.872. The number of hydrogen-bond donors (Lipinski definition) is 1. The molecule has 5 heteroatoms. The van der Waals surface area contributed by atoms with Gasteiger partial charge in [0, 0.05) is 24.3 Å². The molecule has 0 bridgehead atoms. The van der Waals surface area contributed by atoms with E-state index >= 15 is 0 Å². The van der Waals surface area contributed by atoms with Gasteiger partial charge in [0.15, 0.2) is 5.82 Å². The van der Waals surface area contributed by atoms with Crippen molar-refractivity contribution >= 4 is 5.91 Å². The largest absolute Gasteiger partial charge is 0.351 e. The van der Waals surface area contributed by atoms with Gasteiger partial charge in [0.1, 0.15) is 0 Å². The number of carbonyl (C=O) groups is 1. The molecule has 1 heterocycles. The van der Waals surface area contributed by atoms with Gasteiger partial charge in [0.2, 0.25) is 11.8 Å². The molecular weight excluding hydrogens is 314 g/mol. The second-order valence-electron chi connectivity index (χ2n) is 7.61. The van der Waals surface area contributed by atoms with Crippen molar-refractivity contribution in [2.45, 2.75) is 70.8 Å². The molecule has 1 atom stereocenters. The van der Waals surface area contributed by atoms with Gasteiger partial charge in [-0.15, -0.1) is 0 Å². The Labute approximate surface area is 149 Å². The summed E-state index contributed by atoms with van der Waals surface area (Å²) in [5.41, 5.74) is 2.61. The maximum atomic E-state index is 12.4. The van der Waals surface area contributed by atoms with Gasteiger partial charge >= 0.3 is 0 Å². The molecule has 1 aromatic heterocycles. The van der Waals surface area contributed by atoms with Crippen LogP contribution in [0.2, 0.25) is 0 Å². The Morgan fingerprint density at radius 1 is 1.32 bits per heavy atom. The van der Waals surface area contributed by atoms with Crippen molar-refractivity contribution in [2.24, 2.45) is 0 Å². The summed E-state index contributed by atoms with van der Waals surface area (Å²) in [5.74, 6) is 1.71. The van der Waals surface area contributed by atoms with E-state index in [9.17, 15) is 4.79 Å². The summed E-state index contributed by atoms with van der Waals surface area (Å²) in [4.78, 5) is 16.7. The third kappa shape index (κ3) is 4.47. The zero-order valence-electron chi connectivity index (χ0n) is 15.3. The molecule has 25 heavy (non-hydrogen) atoms. The van der Waals surface area contributed by atoms with E-state index in [1.165, 1.54) is 11.1 Å². The Bertz CT molecular complexity index is 738. The summed E-state index contributed by atoms with van der Waals surface area (Å²) >= 11 is 0. The average Bonchev–Trinajstić information content (AvgIpc) is 3.03. The van der Waals surface area contributed by atoms with E-state index in [1.54, 1.807) is 0 Å². The van der Waals surface area contributed by atoms with Gasteiger partial charge in [0.05, 0.1) is 0 Å². The summed E-state index contributed by atoms with van der Waals surface area (Å²) in [5, 5.41) is 7.19. The van der Waals surface area contributed by atoms with Gasteiger partial charge < -0.3 is 9.84 Å². The zero-order chi connectivity index (χ0) is 17.9. The van der Waals surface area contributed by atoms with Gasteiger partial charge in [-0.25, -0.2) is 0 Å². The smallest absolute Gasteiger partial charge is 0.226 e. The highest BCUT2D eigenvalue weighted by molar-refractivity contribution is 5.76. The molecule has 0 fully saturated rings. The van der Waals surface area contributed by atoms with E-state index in [1.807, 2.05) is 13.8 Å². The number of nitrogens with zero attached hydrogens (tertiary/aromatic N) is 2. The summed E-state index contributed by atoms with van der Waals surface area (Å²) in [7, 11) is 0. The first-order chi connectivity index (χ1) is 12.0. The van der Waals surface area contributed by atoms with E-state index in [-0.39, 0.29) is 17.4 Å². The predicted molar refractivity (Wildman–Crippen MR) is 96.3 cm³/mol. The van der Waals surface area contributed by atoms with Crippen LogP contribution in [0.3, 0.4) is 0 Å². The molecule has 1 aromatic carbocycles. The first-order valence-corrected chi connectivity index (χ1v) is 9.15. The van der Waals surface area contributed by atoms with Crippen LogP contribution in [0.4, 0.5) is 0 Å². The van der Waals surface area contributed by atoms with Gasteiger partial charge in [0.25, 0.3) is 0 Å². The minimum absolute atomic E-state index is 0.102. The lowest BCUT2D eigenvalue weighted by molar-refractivity contribution is -0.123. The van der Waals surface area contributed by atoms with E-state index in [0.29, 0.717) is 18.7 Å². The van der Waals surface area contributed by atoms with Gasteiger partial charge in [-0.3, -0.25) is 4.79 Å². The second-order valence-corrected chi connectivity index (χ2v) is 7.61. The first kappa shape index (κ1) is 17.6. The Morgan fingerprint density at radius 3 is 2.80 bits per heavy atom. The van der Waals surface area contributed by atoms with E-state index in [0.717, 1.165) is 31.5 Å². The highest BCUT2D eigenvalue weighted by Gasteiger charge is 2.30. The van der Waals surface area contributed by atoms with Crippen LogP contribution in [-0.4, -0.2) is 21.6 Å². The number of hydrogen-bond acceptors (Lipinski definition) is 4. The van der Waals surface area contributed by atoms with Crippen LogP contribution in [0, 0.1) is 0 Å². The molecule has 1 aliphatic rings. The summed E-state index contributed by atoms with van der Waals surface area (Å²) in [6, 6.07) is 8.51. The topological polar surface area (TPSA) is 68.0 Å². The lowest BCUT2D eigenvalue weighted by atomic mass is 9.79. The van der Waals surface area contributed by atoms with Crippen molar-refractivity contribution < 1.29 is 9.32 Å². The number of fused-ring (bicyclic) bond motifs is 1. The van der Waals surface area contributed by atoms with Crippen molar-refractivity contribution in [1.82, 2.24) is 15.5 Å². The van der Waals surface area contributed by atoms with Gasteiger partial charge in [-0.1, -0.05) is 43.3 Å². The normalized spacial score (nSPS) is 19.7. The third-order valence-electron chi connectivity index (χ3n) is 4.88. The fourth-order valence-electron chi connectivity index (χ4n) is 3.40. The Hall–Kier alpha value is -2.17. The van der Waals surface area contributed by atoms with Crippen molar-refractivity contribution in [3.63, 3.8) is 0 Å². The van der Waals surface area contributed by atoms with Crippen LogP contribution in [-0.2, 0) is 24.1 Å². The Balaban J connectivity index is 1.47. The molecule has 0 saturated heterocycles. The zero-order valence-corrected chi connectivity index (χ0v) is 15.3. The highest BCUT2D eigenvalue weighted by Crippen LogP contribution is 2.28. The number of amides is 1. The number of aryl methyl sites for hydroxylation is 2. The maximum Gasteiger partial charge on any atom is 0.226 e. The van der Waals surface area contributed by atoms with Crippen LogP contribution in [0.15, 0.2) is 28.8 Å². The second kappa shape index (κ2) is 7.38. The van der Waals surface area contributed by atoms with Crippen LogP contribution >= 0.6 is 0 Å². The molecular formula is C20H27N3O2. The van der Waals surface area contributed by atoms with E-state index in [4.69, 9.17) is 4.52 Å². The fraction of sp³-hybridized carbons (Fsp3) is 0.550. The molecule has 1 unspecified atom stereocenters. The lowest BCUT2D eigenvalue weighted by Gasteiger charge is -2.36. The lowest BCUT2D eigenvalue weighted by Crippen LogP contribution is -2.49. The summed E-state index contributed by atoms with van der Waals surface area (Å²) in [6.45, 7) is 6.21. The van der Waals surface area contributed by atoms with Gasteiger partial charge in [-0.05, 0) is 43.7 Å². The van der Waals surface area contributed by atoms with Gasteiger partial charge in [-0.2, -0.15) is 4.98 Å². The Kier molecular flexibility index (Phi) is 5.21. The number of aromatic nitrogens is 2. The molecule has 3 rings (SSSR count). The van der Waals surface area contributed by atoms with Crippen LogP contribution in [0.5, 0.6) is 0 Å². The van der Waals surface area contributed by atoms with Crippen LogP contribution in [0.25, 0.3) is 0 Å². The molecule has 0 saturated carbocycles. The van der Waals surface area contributed by atoms with Crippen LogP contribution < -0.4 is 5.32 Å². The molecule has 0 aliphatic heterocycles. The number of carbonyl (C=O) groups excluding carboxylic acids is 1. The van der Waals surface area contributed by atoms with Crippen LogP contribution in [0.1, 0.15) is 68.8 Å². The molecule has 1 aliphatic carbocycles. The van der Waals surface area contributed by atoms with Crippen molar-refractivity contribution in [1.29, 1.82) is 0 Å². The van der Waals surface area contributed by atoms with Crippen molar-refractivity contribution in [3.8, 4) is 0 Å². The highest BCUT2D eigenvalue weighted by atomic mass is 16.5. The van der Waals surface area contributed by atoms with E-state index < -0.39 is 0 Å². The molecule has 1 N–H and O–H groups in total. The minimum atomic E-state index is -0.152. The summed E-state index contributed by atoms with van der Waals surface area (Å²) < 4.78 is 5.22. The third-order valence-corrected chi connectivity index (χ3v) is 4.88. The maximum absolute atomic E-state index is 12.4. The monoisotopic (exact) mass is 341 g/mol. The number of rotatable bonds is 6. The standard InChI is InChI=1S/C20H27N3O2/c1-14(2)19-21-18(25-23-19)10-6-9-17(24)22-20(3)12-11-15-7-4-5-8-16(15)13-20/h4-5,7-8,14H,6,9-13H2,1-3H3,(H,22,24). The molecule has 2 aromatic rings. The molecule has 5 nitrogen and oxygen atoms in total. The molecule has 1 amide bonds. The summed E-state index contributed by atoms with van der Waals surface area (Å²) in [6.07, 6.45) is 4.75. The van der Waals surface area contributed by atoms with E-state index in [2.05, 4.69) is 46.6 Å². The molecule has 0 spiro atoms. The van der Waals surface area contributed by atoms with Crippen molar-refractivity contribution in [2.75, 3.05) is 0 Å². The fourth-order valence-corrected chi connectivity index (χ4v) is 3.40. The number of nitrogens with one attached hydrogen (secondary N) is 1. The SMILES string of the molecule is CC(C)c1noc(CCCC(=O)NC2(C)CCc3ccccc3C2)n1. The predicted octanol–water partition coefficient (Wildman–Crippen LogP) is 3.58. The molecule has 0 radical (unpaired) electrons. The van der Waals surface area contributed by atoms with Crippen molar-refractivity contribution in [3.05, 3.63) is 47.1 Å². The number of benzene rings is 1.